The molecule has 0 fully saturated rings. The minimum Gasteiger partial charge on any atom is -0.425 e. The number of esters is 1. The van der Waals surface area contributed by atoms with E-state index in [0.717, 1.165) is 5.56 Å². The number of hydrogen-bond acceptors (Lipinski definition) is 4. The average Bonchev–Trinajstić information content (AvgIpc) is 2.36. The van der Waals surface area contributed by atoms with Crippen molar-refractivity contribution < 1.29 is 19.1 Å². The van der Waals surface area contributed by atoms with Crippen LogP contribution in [0.15, 0.2) is 30.3 Å². The van der Waals surface area contributed by atoms with E-state index in [4.69, 9.17) is 10.5 Å². The van der Waals surface area contributed by atoms with Crippen molar-refractivity contribution in [2.75, 3.05) is 0 Å². The van der Waals surface area contributed by atoms with E-state index in [-0.39, 0.29) is 12.3 Å². The summed E-state index contributed by atoms with van der Waals surface area (Å²) < 4.78 is 9.66. The van der Waals surface area contributed by atoms with E-state index in [1.54, 1.807) is 13.8 Å². The first kappa shape index (κ1) is 15.0. The maximum atomic E-state index is 11.6. The number of benzene rings is 1. The second-order valence-corrected chi connectivity index (χ2v) is 4.49. The Labute approximate surface area is 112 Å². The summed E-state index contributed by atoms with van der Waals surface area (Å²) in [6, 6.07) is 9.57. The Bertz CT molecular complexity index is 417. The third-order valence-corrected chi connectivity index (χ3v) is 2.48. The molecule has 0 saturated heterocycles. The topological polar surface area (TPSA) is 76.4 Å². The smallest absolute Gasteiger partial charge is 0.425 e. The molecule has 1 radical (unpaired) electrons. The van der Waals surface area contributed by atoms with E-state index in [0.29, 0.717) is 6.42 Å². The van der Waals surface area contributed by atoms with Crippen LogP contribution in [0, 0.1) is 5.92 Å². The van der Waals surface area contributed by atoms with Crippen LogP contribution in [-0.4, -0.2) is 18.4 Å². The molecule has 1 aromatic rings. The number of amides is 1. The van der Waals surface area contributed by atoms with Gasteiger partial charge in [0.05, 0.1) is 0 Å². The summed E-state index contributed by atoms with van der Waals surface area (Å²) in [6.07, 6.45) is -1.41. The van der Waals surface area contributed by atoms with Gasteiger partial charge in [0.1, 0.15) is 0 Å². The van der Waals surface area contributed by atoms with Crippen molar-refractivity contribution in [1.29, 1.82) is 0 Å². The number of nitrogens with one attached hydrogen (secondary N) is 1. The quantitative estimate of drug-likeness (QED) is 0.584. The van der Waals surface area contributed by atoms with Gasteiger partial charge in [0, 0.05) is 12.3 Å². The van der Waals surface area contributed by atoms with Crippen LogP contribution in [0.3, 0.4) is 0 Å². The number of carbonyl (C=O) groups excluding carboxylic acids is 2. The molecular weight excluding hydrogens is 246 g/mol. The lowest BCUT2D eigenvalue weighted by Crippen LogP contribution is -2.29. The Morgan fingerprint density at radius 3 is 2.32 bits per heavy atom. The van der Waals surface area contributed by atoms with Gasteiger partial charge in [-0.3, -0.25) is 4.79 Å². The number of ether oxygens (including phenoxy) is 2. The fourth-order valence-electron chi connectivity index (χ4n) is 1.48. The fourth-order valence-corrected chi connectivity index (χ4v) is 1.48. The van der Waals surface area contributed by atoms with Crippen molar-refractivity contribution in [1.82, 2.24) is 5.73 Å². The van der Waals surface area contributed by atoms with E-state index in [9.17, 15) is 9.59 Å². The third-order valence-electron chi connectivity index (χ3n) is 2.48. The zero-order chi connectivity index (χ0) is 14.3. The molecule has 0 aromatic heterocycles. The van der Waals surface area contributed by atoms with Gasteiger partial charge in [0.25, 0.3) is 6.29 Å². The summed E-state index contributed by atoms with van der Waals surface area (Å²) >= 11 is 0. The molecule has 1 N–H and O–H groups in total. The van der Waals surface area contributed by atoms with Gasteiger partial charge >= 0.3 is 12.1 Å². The lowest BCUT2D eigenvalue weighted by atomic mass is 10.1. The van der Waals surface area contributed by atoms with E-state index in [1.165, 1.54) is 0 Å². The van der Waals surface area contributed by atoms with Gasteiger partial charge in [0.15, 0.2) is 0 Å². The molecule has 1 aromatic carbocycles. The first-order valence-electron chi connectivity index (χ1n) is 6.14. The summed E-state index contributed by atoms with van der Waals surface area (Å²) in [5.41, 5.74) is 7.77. The third kappa shape index (κ3) is 5.90. The molecule has 0 aliphatic rings. The Kier molecular flexibility index (Phi) is 5.85. The molecule has 5 heteroatoms. The molecule has 0 saturated carbocycles. The number of hydrogen-bond donors (Lipinski definition) is 0. The standard InChI is InChI=1S/C14H18NO4/c1-10(2)13(19-14(15)17)18-12(16)9-8-11-6-4-3-5-7-11/h3-7,10,13,15H,8-9H2,1-2H3. The molecule has 0 bridgehead atoms. The zero-order valence-corrected chi connectivity index (χ0v) is 11.1. The molecule has 5 nitrogen and oxygen atoms in total. The Hall–Kier alpha value is -2.04. The summed E-state index contributed by atoms with van der Waals surface area (Å²) in [6.45, 7) is 3.50. The van der Waals surface area contributed by atoms with Gasteiger partial charge < -0.3 is 9.47 Å². The lowest BCUT2D eigenvalue weighted by Gasteiger charge is -2.19. The molecule has 0 aliphatic heterocycles. The van der Waals surface area contributed by atoms with Crippen molar-refractivity contribution in [3.05, 3.63) is 35.9 Å². The highest BCUT2D eigenvalue weighted by atomic mass is 16.7. The summed E-state index contributed by atoms with van der Waals surface area (Å²) in [4.78, 5) is 22.2. The molecule has 19 heavy (non-hydrogen) atoms. The number of aryl methyl sites for hydroxylation is 1. The van der Waals surface area contributed by atoms with Gasteiger partial charge in [-0.15, -0.1) is 0 Å². The van der Waals surface area contributed by atoms with Gasteiger partial charge in [-0.1, -0.05) is 44.2 Å². The molecule has 103 valence electrons. The van der Waals surface area contributed by atoms with E-state index < -0.39 is 18.4 Å². The van der Waals surface area contributed by atoms with Gasteiger partial charge in [-0.2, -0.15) is 0 Å². The molecule has 1 unspecified atom stereocenters. The maximum absolute atomic E-state index is 11.6. The summed E-state index contributed by atoms with van der Waals surface area (Å²) in [7, 11) is 0. The molecule has 0 heterocycles. The second kappa shape index (κ2) is 7.41. The molecular formula is C14H18NO4. The van der Waals surface area contributed by atoms with E-state index in [2.05, 4.69) is 4.74 Å². The fraction of sp³-hybridized carbons (Fsp3) is 0.429. The molecule has 0 aliphatic carbocycles. The van der Waals surface area contributed by atoms with Gasteiger partial charge in [0.2, 0.25) is 0 Å². The first-order chi connectivity index (χ1) is 8.99. The van der Waals surface area contributed by atoms with Crippen LogP contribution in [0.25, 0.3) is 0 Å². The number of carbonyl (C=O) groups is 2. The van der Waals surface area contributed by atoms with Crippen molar-refractivity contribution in [3.8, 4) is 0 Å². The predicted octanol–water partition coefficient (Wildman–Crippen LogP) is 2.56. The largest absolute Gasteiger partial charge is 0.429 e. The minimum absolute atomic E-state index is 0.185. The van der Waals surface area contributed by atoms with Gasteiger partial charge in [-0.05, 0) is 12.0 Å². The van der Waals surface area contributed by atoms with Crippen LogP contribution in [0.5, 0.6) is 0 Å². The maximum Gasteiger partial charge on any atom is 0.429 e. The molecule has 1 atom stereocenters. The SMILES string of the molecule is CC(C)C(OC([NH])=O)OC(=O)CCc1ccccc1. The molecule has 0 spiro atoms. The lowest BCUT2D eigenvalue weighted by molar-refractivity contribution is -0.174. The zero-order valence-electron chi connectivity index (χ0n) is 11.1. The van der Waals surface area contributed by atoms with E-state index in [1.807, 2.05) is 30.3 Å². The normalized spacial score (nSPS) is 11.9. The Balaban J connectivity index is 2.42. The van der Waals surface area contributed by atoms with Crippen molar-refractivity contribution in [2.45, 2.75) is 33.0 Å². The molecule has 1 rings (SSSR count). The highest BCUT2D eigenvalue weighted by molar-refractivity contribution is 5.70. The van der Waals surface area contributed by atoms with Crippen LogP contribution >= 0.6 is 0 Å². The van der Waals surface area contributed by atoms with E-state index >= 15 is 0 Å². The van der Waals surface area contributed by atoms with Crippen molar-refractivity contribution in [3.63, 3.8) is 0 Å². The number of rotatable bonds is 6. The highest BCUT2D eigenvalue weighted by Gasteiger charge is 2.21. The minimum atomic E-state index is -1.20. The van der Waals surface area contributed by atoms with Crippen molar-refractivity contribution >= 4 is 12.1 Å². The van der Waals surface area contributed by atoms with Gasteiger partial charge in [-0.25, -0.2) is 10.5 Å². The Morgan fingerprint density at radius 2 is 1.79 bits per heavy atom. The second-order valence-electron chi connectivity index (χ2n) is 4.49. The monoisotopic (exact) mass is 264 g/mol. The summed E-state index contributed by atoms with van der Waals surface area (Å²) in [5, 5.41) is 0. The predicted molar refractivity (Wildman–Crippen MR) is 69.1 cm³/mol. The summed E-state index contributed by atoms with van der Waals surface area (Å²) in [5.74, 6) is -0.626. The van der Waals surface area contributed by atoms with Crippen LogP contribution in [0.4, 0.5) is 4.79 Å². The van der Waals surface area contributed by atoms with Crippen molar-refractivity contribution in [2.24, 2.45) is 5.92 Å². The average molecular weight is 264 g/mol. The van der Waals surface area contributed by atoms with Crippen LogP contribution in [-0.2, 0) is 20.7 Å². The Morgan fingerprint density at radius 1 is 1.16 bits per heavy atom. The molecule has 1 amide bonds. The van der Waals surface area contributed by atoms with Crippen LogP contribution < -0.4 is 5.73 Å². The first-order valence-corrected chi connectivity index (χ1v) is 6.14. The highest BCUT2D eigenvalue weighted by Crippen LogP contribution is 2.11. The van der Waals surface area contributed by atoms with Crippen LogP contribution in [0.1, 0.15) is 25.8 Å². The van der Waals surface area contributed by atoms with Crippen LogP contribution in [0.2, 0.25) is 0 Å².